The van der Waals surface area contributed by atoms with Crippen molar-refractivity contribution in [1.29, 1.82) is 0 Å². The fraction of sp³-hybridized carbons (Fsp3) is 0.947. The standard InChI is InChI=1S/C57H110O6/c1-7-53(6)45-39-33-27-21-18-19-22-28-34-40-46-55(58)61-49-54(50-62-56(59)47-41-35-30-24-26-32-38-44-52(4)5)63-57(60)48-42-36-29-23-17-15-13-11-9-8-10-12-14-16-20-25-31-37-43-51(2)3/h51-54H,7-50H2,1-6H3/t53?,54-/m0/s1. The van der Waals surface area contributed by atoms with Gasteiger partial charge in [-0.1, -0.05) is 273 Å². The lowest BCUT2D eigenvalue weighted by Gasteiger charge is -2.18. The number of rotatable bonds is 50. The predicted molar refractivity (Wildman–Crippen MR) is 270 cm³/mol. The van der Waals surface area contributed by atoms with Crippen LogP contribution in [0.4, 0.5) is 0 Å². The number of hydrogen-bond donors (Lipinski definition) is 0. The monoisotopic (exact) mass is 891 g/mol. The molecule has 0 aliphatic carbocycles. The first-order chi connectivity index (χ1) is 30.6. The van der Waals surface area contributed by atoms with E-state index in [0.717, 1.165) is 75.5 Å². The summed E-state index contributed by atoms with van der Waals surface area (Å²) in [5.41, 5.74) is 0. The Morgan fingerprint density at radius 1 is 0.317 bits per heavy atom. The smallest absolute Gasteiger partial charge is 0.306 e. The molecular weight excluding hydrogens is 781 g/mol. The predicted octanol–water partition coefficient (Wildman–Crippen LogP) is 18.3. The van der Waals surface area contributed by atoms with Gasteiger partial charge in [0, 0.05) is 19.3 Å². The summed E-state index contributed by atoms with van der Waals surface area (Å²) < 4.78 is 16.8. The van der Waals surface area contributed by atoms with Gasteiger partial charge in [-0.25, -0.2) is 0 Å². The molecule has 0 amide bonds. The van der Waals surface area contributed by atoms with Crippen LogP contribution in [0.1, 0.15) is 311 Å². The summed E-state index contributed by atoms with van der Waals surface area (Å²) in [6.45, 7) is 13.7. The summed E-state index contributed by atoms with van der Waals surface area (Å²) in [5, 5.41) is 0. The third-order valence-corrected chi connectivity index (χ3v) is 13.3. The average molecular weight is 892 g/mol. The number of unbranched alkanes of at least 4 members (excludes halogenated alkanes) is 32. The second-order valence-corrected chi connectivity index (χ2v) is 20.8. The van der Waals surface area contributed by atoms with E-state index in [9.17, 15) is 14.4 Å². The van der Waals surface area contributed by atoms with Crippen LogP contribution in [0, 0.1) is 17.8 Å². The first-order valence-electron chi connectivity index (χ1n) is 28.1. The van der Waals surface area contributed by atoms with E-state index in [1.54, 1.807) is 0 Å². The molecule has 0 aromatic carbocycles. The Labute approximate surface area is 393 Å². The Balaban J connectivity index is 4.23. The van der Waals surface area contributed by atoms with Gasteiger partial charge in [-0.15, -0.1) is 0 Å². The molecule has 0 spiro atoms. The lowest BCUT2D eigenvalue weighted by molar-refractivity contribution is -0.167. The number of ether oxygens (including phenoxy) is 3. The van der Waals surface area contributed by atoms with Gasteiger partial charge in [0.1, 0.15) is 13.2 Å². The molecule has 1 unspecified atom stereocenters. The van der Waals surface area contributed by atoms with Gasteiger partial charge in [0.2, 0.25) is 0 Å². The zero-order chi connectivity index (χ0) is 46.3. The SMILES string of the molecule is CCC(C)CCCCCCCCCCCCC(=O)OC[C@@H](COC(=O)CCCCCCCCCC(C)C)OC(=O)CCCCCCCCCCCCCCCCCCCCC(C)C. The third-order valence-electron chi connectivity index (χ3n) is 13.3. The zero-order valence-electron chi connectivity index (χ0n) is 43.4. The normalized spacial score (nSPS) is 12.6. The molecule has 0 rings (SSSR count). The molecule has 0 fully saturated rings. The molecule has 0 saturated heterocycles. The minimum Gasteiger partial charge on any atom is -0.462 e. The fourth-order valence-electron chi connectivity index (χ4n) is 8.61. The lowest BCUT2D eigenvalue weighted by Crippen LogP contribution is -2.30. The van der Waals surface area contributed by atoms with E-state index >= 15 is 0 Å². The molecule has 0 aliphatic rings. The van der Waals surface area contributed by atoms with Crippen molar-refractivity contribution in [2.45, 2.75) is 317 Å². The molecule has 0 N–H and O–H groups in total. The highest BCUT2D eigenvalue weighted by Crippen LogP contribution is 2.19. The number of carbonyl (C=O) groups is 3. The van der Waals surface area contributed by atoms with Crippen molar-refractivity contribution < 1.29 is 28.6 Å². The molecule has 6 heteroatoms. The van der Waals surface area contributed by atoms with Crippen molar-refractivity contribution >= 4 is 17.9 Å². The Morgan fingerprint density at radius 2 is 0.556 bits per heavy atom. The van der Waals surface area contributed by atoms with Gasteiger partial charge in [0.25, 0.3) is 0 Å². The molecule has 0 radical (unpaired) electrons. The van der Waals surface area contributed by atoms with E-state index in [-0.39, 0.29) is 31.1 Å². The van der Waals surface area contributed by atoms with Crippen LogP contribution >= 0.6 is 0 Å². The van der Waals surface area contributed by atoms with Crippen molar-refractivity contribution in [3.63, 3.8) is 0 Å². The van der Waals surface area contributed by atoms with Gasteiger partial charge in [0.05, 0.1) is 0 Å². The maximum atomic E-state index is 12.8. The van der Waals surface area contributed by atoms with Gasteiger partial charge in [-0.05, 0) is 37.0 Å². The van der Waals surface area contributed by atoms with Crippen molar-refractivity contribution in [3.8, 4) is 0 Å². The Bertz CT molecular complexity index is 978. The minimum absolute atomic E-state index is 0.0647. The molecule has 0 aromatic rings. The van der Waals surface area contributed by atoms with Crippen molar-refractivity contribution in [2.24, 2.45) is 17.8 Å². The highest BCUT2D eigenvalue weighted by Gasteiger charge is 2.19. The van der Waals surface area contributed by atoms with Gasteiger partial charge in [-0.2, -0.15) is 0 Å². The lowest BCUT2D eigenvalue weighted by atomic mass is 9.99. The van der Waals surface area contributed by atoms with Crippen LogP contribution in [0.15, 0.2) is 0 Å². The summed E-state index contributed by atoms with van der Waals surface area (Å²) in [7, 11) is 0. The van der Waals surface area contributed by atoms with Crippen LogP contribution in [-0.4, -0.2) is 37.2 Å². The summed E-state index contributed by atoms with van der Waals surface area (Å²) in [6.07, 6.45) is 49.6. The highest BCUT2D eigenvalue weighted by molar-refractivity contribution is 5.71. The van der Waals surface area contributed by atoms with E-state index in [0.29, 0.717) is 19.3 Å². The summed E-state index contributed by atoms with van der Waals surface area (Å²) in [4.78, 5) is 38.0. The summed E-state index contributed by atoms with van der Waals surface area (Å²) in [6, 6.07) is 0. The Kier molecular flexibility index (Phi) is 47.1. The maximum Gasteiger partial charge on any atom is 0.306 e. The van der Waals surface area contributed by atoms with Gasteiger partial charge < -0.3 is 14.2 Å². The summed E-state index contributed by atoms with van der Waals surface area (Å²) in [5.74, 6) is 1.66. The quantitative estimate of drug-likeness (QED) is 0.0344. The first-order valence-corrected chi connectivity index (χ1v) is 28.1. The molecule has 63 heavy (non-hydrogen) atoms. The first kappa shape index (κ1) is 61.4. The highest BCUT2D eigenvalue weighted by atomic mass is 16.6. The van der Waals surface area contributed by atoms with Crippen LogP contribution in [0.3, 0.4) is 0 Å². The van der Waals surface area contributed by atoms with E-state index < -0.39 is 6.10 Å². The molecule has 2 atom stereocenters. The fourth-order valence-corrected chi connectivity index (χ4v) is 8.61. The van der Waals surface area contributed by atoms with Crippen LogP contribution in [0.5, 0.6) is 0 Å². The van der Waals surface area contributed by atoms with Gasteiger partial charge >= 0.3 is 17.9 Å². The molecule has 0 saturated carbocycles. The van der Waals surface area contributed by atoms with Gasteiger partial charge in [0.15, 0.2) is 6.10 Å². The molecule has 0 aromatic heterocycles. The van der Waals surface area contributed by atoms with Crippen molar-refractivity contribution in [1.82, 2.24) is 0 Å². The second kappa shape index (κ2) is 48.3. The number of carbonyl (C=O) groups excluding carboxylic acids is 3. The summed E-state index contributed by atoms with van der Waals surface area (Å²) >= 11 is 0. The van der Waals surface area contributed by atoms with Crippen LogP contribution in [0.2, 0.25) is 0 Å². The topological polar surface area (TPSA) is 78.9 Å². The molecule has 6 nitrogen and oxygen atoms in total. The third kappa shape index (κ3) is 49.7. The minimum atomic E-state index is -0.763. The van der Waals surface area contributed by atoms with Gasteiger partial charge in [-0.3, -0.25) is 14.4 Å². The molecule has 0 heterocycles. The second-order valence-electron chi connectivity index (χ2n) is 20.8. The molecule has 0 aliphatic heterocycles. The number of esters is 3. The van der Waals surface area contributed by atoms with Crippen LogP contribution in [-0.2, 0) is 28.6 Å². The number of hydrogen-bond acceptors (Lipinski definition) is 6. The van der Waals surface area contributed by atoms with Crippen molar-refractivity contribution in [2.75, 3.05) is 13.2 Å². The molecule has 0 bridgehead atoms. The maximum absolute atomic E-state index is 12.8. The molecule has 374 valence electrons. The van der Waals surface area contributed by atoms with E-state index in [2.05, 4.69) is 41.5 Å². The zero-order valence-corrected chi connectivity index (χ0v) is 43.4. The Hall–Kier alpha value is -1.59. The average Bonchev–Trinajstić information content (AvgIpc) is 3.25. The van der Waals surface area contributed by atoms with Crippen molar-refractivity contribution in [3.05, 3.63) is 0 Å². The van der Waals surface area contributed by atoms with E-state index in [1.165, 1.54) is 193 Å². The van der Waals surface area contributed by atoms with Crippen LogP contribution in [0.25, 0.3) is 0 Å². The van der Waals surface area contributed by atoms with Crippen LogP contribution < -0.4 is 0 Å². The molecular formula is C57H110O6. The largest absolute Gasteiger partial charge is 0.462 e. The Morgan fingerprint density at radius 3 is 0.825 bits per heavy atom. The van der Waals surface area contributed by atoms with E-state index in [1.807, 2.05) is 0 Å². The van der Waals surface area contributed by atoms with E-state index in [4.69, 9.17) is 14.2 Å².